The predicted molar refractivity (Wildman–Crippen MR) is 104 cm³/mol. The minimum absolute atomic E-state index is 0.123. The molecule has 3 rings (SSSR count). The first kappa shape index (κ1) is 18.6. The molecule has 0 aliphatic rings. The van der Waals surface area contributed by atoms with Crippen LogP contribution in [-0.4, -0.2) is 26.4 Å². The summed E-state index contributed by atoms with van der Waals surface area (Å²) in [6.07, 6.45) is 3.34. The molecule has 2 aromatic carbocycles. The first-order chi connectivity index (χ1) is 13.0. The number of benzene rings is 2. The molecular weight excluding hydrogens is 362 g/mol. The Morgan fingerprint density at radius 3 is 2.33 bits per heavy atom. The SMILES string of the molecule is CN(c1ccccc1)S(=O)(=O)c1ccc(C(=O)NCc2cccnc2)cc1. The second kappa shape index (κ2) is 8.01. The molecule has 0 fully saturated rings. The molecule has 0 saturated carbocycles. The van der Waals surface area contributed by atoms with Gasteiger partial charge in [0, 0.05) is 31.5 Å². The molecule has 0 bridgehead atoms. The van der Waals surface area contributed by atoms with Gasteiger partial charge in [0.15, 0.2) is 0 Å². The van der Waals surface area contributed by atoms with E-state index in [9.17, 15) is 13.2 Å². The number of carbonyl (C=O) groups excluding carboxylic acids is 1. The molecule has 138 valence electrons. The number of rotatable bonds is 6. The van der Waals surface area contributed by atoms with Gasteiger partial charge in [0.05, 0.1) is 10.6 Å². The van der Waals surface area contributed by atoms with E-state index in [1.807, 2.05) is 12.1 Å². The van der Waals surface area contributed by atoms with E-state index in [0.29, 0.717) is 17.8 Å². The van der Waals surface area contributed by atoms with Gasteiger partial charge in [-0.25, -0.2) is 8.42 Å². The highest BCUT2D eigenvalue weighted by Gasteiger charge is 2.21. The van der Waals surface area contributed by atoms with Crippen molar-refractivity contribution >= 4 is 21.6 Å². The van der Waals surface area contributed by atoms with Crippen LogP contribution in [-0.2, 0) is 16.6 Å². The van der Waals surface area contributed by atoms with Gasteiger partial charge in [-0.05, 0) is 48.0 Å². The molecule has 0 aliphatic carbocycles. The first-order valence-electron chi connectivity index (χ1n) is 8.29. The van der Waals surface area contributed by atoms with Crippen LogP contribution in [0.4, 0.5) is 5.69 Å². The number of anilines is 1. The Morgan fingerprint density at radius 2 is 1.70 bits per heavy atom. The van der Waals surface area contributed by atoms with Crippen molar-refractivity contribution in [2.24, 2.45) is 0 Å². The van der Waals surface area contributed by atoms with Crippen LogP contribution < -0.4 is 9.62 Å². The fourth-order valence-corrected chi connectivity index (χ4v) is 3.70. The summed E-state index contributed by atoms with van der Waals surface area (Å²) in [5.41, 5.74) is 1.84. The van der Waals surface area contributed by atoms with E-state index in [1.54, 1.807) is 42.7 Å². The van der Waals surface area contributed by atoms with Crippen molar-refractivity contribution in [1.29, 1.82) is 0 Å². The second-order valence-electron chi connectivity index (χ2n) is 5.88. The van der Waals surface area contributed by atoms with Gasteiger partial charge in [0.1, 0.15) is 0 Å². The Labute approximate surface area is 158 Å². The van der Waals surface area contributed by atoms with Gasteiger partial charge in [0.2, 0.25) is 0 Å². The first-order valence-corrected chi connectivity index (χ1v) is 9.73. The lowest BCUT2D eigenvalue weighted by atomic mass is 10.2. The molecule has 6 nitrogen and oxygen atoms in total. The maximum Gasteiger partial charge on any atom is 0.264 e. The summed E-state index contributed by atoms with van der Waals surface area (Å²) in [4.78, 5) is 16.4. The summed E-state index contributed by atoms with van der Waals surface area (Å²) in [7, 11) is -2.20. The van der Waals surface area contributed by atoms with Gasteiger partial charge < -0.3 is 5.32 Å². The Morgan fingerprint density at radius 1 is 1.00 bits per heavy atom. The van der Waals surface area contributed by atoms with Crippen molar-refractivity contribution in [2.75, 3.05) is 11.4 Å². The second-order valence-corrected chi connectivity index (χ2v) is 7.85. The molecular formula is C20H19N3O3S. The Kier molecular flexibility index (Phi) is 5.52. The number of amides is 1. The Balaban J connectivity index is 1.71. The number of carbonyl (C=O) groups is 1. The molecule has 0 atom stereocenters. The number of hydrogen-bond acceptors (Lipinski definition) is 4. The van der Waals surface area contributed by atoms with Crippen LogP contribution in [0.25, 0.3) is 0 Å². The monoisotopic (exact) mass is 381 g/mol. The average molecular weight is 381 g/mol. The van der Waals surface area contributed by atoms with Crippen molar-refractivity contribution < 1.29 is 13.2 Å². The summed E-state index contributed by atoms with van der Waals surface area (Å²) in [6, 6.07) is 18.4. The smallest absolute Gasteiger partial charge is 0.264 e. The van der Waals surface area contributed by atoms with Gasteiger partial charge in [-0.2, -0.15) is 0 Å². The van der Waals surface area contributed by atoms with Crippen LogP contribution in [0.1, 0.15) is 15.9 Å². The molecule has 1 aromatic heterocycles. The van der Waals surface area contributed by atoms with Gasteiger partial charge >= 0.3 is 0 Å². The normalized spacial score (nSPS) is 11.0. The highest BCUT2D eigenvalue weighted by Crippen LogP contribution is 2.21. The fraction of sp³-hybridized carbons (Fsp3) is 0.100. The zero-order chi connectivity index (χ0) is 19.3. The minimum atomic E-state index is -3.70. The number of aromatic nitrogens is 1. The lowest BCUT2D eigenvalue weighted by molar-refractivity contribution is 0.0951. The highest BCUT2D eigenvalue weighted by molar-refractivity contribution is 7.92. The largest absolute Gasteiger partial charge is 0.348 e. The third-order valence-corrected chi connectivity index (χ3v) is 5.87. The maximum atomic E-state index is 12.7. The summed E-state index contributed by atoms with van der Waals surface area (Å²) in [6.45, 7) is 0.351. The molecule has 0 radical (unpaired) electrons. The van der Waals surface area contributed by atoms with E-state index in [0.717, 1.165) is 5.56 Å². The van der Waals surface area contributed by atoms with E-state index < -0.39 is 10.0 Å². The van der Waals surface area contributed by atoms with E-state index >= 15 is 0 Å². The van der Waals surface area contributed by atoms with E-state index in [1.165, 1.54) is 35.6 Å². The van der Waals surface area contributed by atoms with Gasteiger partial charge in [-0.1, -0.05) is 24.3 Å². The van der Waals surface area contributed by atoms with Crippen molar-refractivity contribution in [3.8, 4) is 0 Å². The van der Waals surface area contributed by atoms with Crippen molar-refractivity contribution in [3.63, 3.8) is 0 Å². The van der Waals surface area contributed by atoms with Crippen LogP contribution in [0.15, 0.2) is 84.0 Å². The maximum absolute atomic E-state index is 12.7. The number of nitrogens with one attached hydrogen (secondary N) is 1. The van der Waals surface area contributed by atoms with Crippen LogP contribution in [0.2, 0.25) is 0 Å². The summed E-state index contributed by atoms with van der Waals surface area (Å²) < 4.78 is 26.7. The molecule has 0 saturated heterocycles. The van der Waals surface area contributed by atoms with Gasteiger partial charge in [-0.3, -0.25) is 14.1 Å². The van der Waals surface area contributed by atoms with E-state index in [4.69, 9.17) is 0 Å². The van der Waals surface area contributed by atoms with Crippen molar-refractivity contribution in [2.45, 2.75) is 11.4 Å². The number of sulfonamides is 1. The average Bonchev–Trinajstić information content (AvgIpc) is 2.73. The molecule has 0 spiro atoms. The Hall–Kier alpha value is -3.19. The number of nitrogens with zero attached hydrogens (tertiary/aromatic N) is 2. The fourth-order valence-electron chi connectivity index (χ4n) is 2.50. The van der Waals surface area contributed by atoms with Crippen LogP contribution in [0.5, 0.6) is 0 Å². The zero-order valence-corrected chi connectivity index (χ0v) is 15.6. The standard InChI is InChI=1S/C20H19N3O3S/c1-23(18-7-3-2-4-8-18)27(25,26)19-11-9-17(10-12-19)20(24)22-15-16-6-5-13-21-14-16/h2-14H,15H2,1H3,(H,22,24). The topological polar surface area (TPSA) is 79.4 Å². The van der Waals surface area contributed by atoms with Crippen LogP contribution in [0.3, 0.4) is 0 Å². The third-order valence-electron chi connectivity index (χ3n) is 4.07. The molecule has 27 heavy (non-hydrogen) atoms. The quantitative estimate of drug-likeness (QED) is 0.712. The molecule has 1 amide bonds. The van der Waals surface area contributed by atoms with Crippen LogP contribution in [0, 0.1) is 0 Å². The molecule has 7 heteroatoms. The Bertz CT molecular complexity index is 1010. The minimum Gasteiger partial charge on any atom is -0.348 e. The van der Waals surface area contributed by atoms with Crippen molar-refractivity contribution in [3.05, 3.63) is 90.3 Å². The molecule has 3 aromatic rings. The molecule has 0 aliphatic heterocycles. The van der Waals surface area contributed by atoms with Gasteiger partial charge in [-0.15, -0.1) is 0 Å². The lowest BCUT2D eigenvalue weighted by Gasteiger charge is -2.19. The van der Waals surface area contributed by atoms with E-state index in [-0.39, 0.29) is 10.8 Å². The third kappa shape index (κ3) is 4.32. The van der Waals surface area contributed by atoms with Crippen LogP contribution >= 0.6 is 0 Å². The predicted octanol–water partition coefficient (Wildman–Crippen LogP) is 2.84. The molecule has 0 unspecified atom stereocenters. The number of hydrogen-bond donors (Lipinski definition) is 1. The highest BCUT2D eigenvalue weighted by atomic mass is 32.2. The summed E-state index contributed by atoms with van der Waals surface area (Å²) in [5.74, 6) is -0.279. The van der Waals surface area contributed by atoms with E-state index in [2.05, 4.69) is 10.3 Å². The lowest BCUT2D eigenvalue weighted by Crippen LogP contribution is -2.27. The summed E-state index contributed by atoms with van der Waals surface area (Å²) in [5, 5.41) is 2.78. The summed E-state index contributed by atoms with van der Waals surface area (Å²) >= 11 is 0. The number of pyridine rings is 1. The van der Waals surface area contributed by atoms with Gasteiger partial charge in [0.25, 0.3) is 15.9 Å². The zero-order valence-electron chi connectivity index (χ0n) is 14.7. The van der Waals surface area contributed by atoms with Crippen molar-refractivity contribution in [1.82, 2.24) is 10.3 Å². The number of para-hydroxylation sites is 1. The molecule has 1 N–H and O–H groups in total. The molecule has 1 heterocycles.